The summed E-state index contributed by atoms with van der Waals surface area (Å²) in [5.41, 5.74) is 1.64. The molecule has 1 atom stereocenters. The van der Waals surface area contributed by atoms with E-state index in [-0.39, 0.29) is 17.5 Å². The zero-order chi connectivity index (χ0) is 17.3. The van der Waals surface area contributed by atoms with E-state index in [2.05, 4.69) is 22.0 Å². The Balaban J connectivity index is 1.77. The van der Waals surface area contributed by atoms with E-state index in [9.17, 15) is 9.59 Å². The summed E-state index contributed by atoms with van der Waals surface area (Å²) in [6, 6.07) is 8.37. The number of aromatic nitrogens is 1. The quantitative estimate of drug-likeness (QED) is 0.864. The van der Waals surface area contributed by atoms with E-state index in [4.69, 9.17) is 0 Å². The molecule has 1 amide bonds. The van der Waals surface area contributed by atoms with Crippen LogP contribution in [0.2, 0.25) is 0 Å². The van der Waals surface area contributed by atoms with Gasteiger partial charge in [0.15, 0.2) is 0 Å². The number of amides is 1. The summed E-state index contributed by atoms with van der Waals surface area (Å²) in [6.07, 6.45) is 2.98. The molecule has 0 radical (unpaired) electrons. The average Bonchev–Trinajstić information content (AvgIpc) is 3.02. The van der Waals surface area contributed by atoms with Gasteiger partial charge in [0.25, 0.3) is 5.56 Å². The maximum Gasteiger partial charge on any atom is 0.252 e. The number of nitrogens with one attached hydrogen (secondary N) is 1. The van der Waals surface area contributed by atoms with Crippen LogP contribution < -0.4 is 5.56 Å². The Kier molecular flexibility index (Phi) is 4.96. The number of aromatic amines is 1. The van der Waals surface area contributed by atoms with E-state index in [1.54, 1.807) is 23.6 Å². The van der Waals surface area contributed by atoms with Crippen molar-refractivity contribution < 1.29 is 4.79 Å². The van der Waals surface area contributed by atoms with E-state index in [0.717, 1.165) is 40.9 Å². The van der Waals surface area contributed by atoms with Crippen LogP contribution in [0.15, 0.2) is 34.0 Å². The molecule has 2 heterocycles. The van der Waals surface area contributed by atoms with Crippen molar-refractivity contribution in [3.05, 3.63) is 40.2 Å². The molecule has 5 nitrogen and oxygen atoms in total. The molecule has 3 rings (SSSR count). The molecular formula is C18H23N3O2S. The van der Waals surface area contributed by atoms with Crippen molar-refractivity contribution in [1.82, 2.24) is 14.8 Å². The fourth-order valence-corrected chi connectivity index (χ4v) is 3.68. The number of nitrogens with zero attached hydrogens (tertiary/aromatic N) is 2. The van der Waals surface area contributed by atoms with Crippen LogP contribution in [-0.4, -0.2) is 53.1 Å². The largest absolute Gasteiger partial charge is 0.342 e. The summed E-state index contributed by atoms with van der Waals surface area (Å²) >= 11 is 1.66. The van der Waals surface area contributed by atoms with Gasteiger partial charge in [-0.15, -0.1) is 11.8 Å². The minimum absolute atomic E-state index is 0.0240. The van der Waals surface area contributed by atoms with Gasteiger partial charge in [0.05, 0.1) is 0 Å². The first-order chi connectivity index (χ1) is 11.5. The second-order valence-corrected chi connectivity index (χ2v) is 7.26. The number of likely N-dealkylation sites (N-methyl/N-ethyl adjacent to an activating group) is 1. The molecule has 1 aromatic heterocycles. The molecule has 1 aromatic carbocycles. The van der Waals surface area contributed by atoms with Crippen molar-refractivity contribution >= 4 is 28.6 Å². The summed E-state index contributed by atoms with van der Waals surface area (Å²) in [5.74, 6) is 0.0926. The number of rotatable bonds is 4. The van der Waals surface area contributed by atoms with Crippen molar-refractivity contribution in [2.24, 2.45) is 0 Å². The van der Waals surface area contributed by atoms with Crippen LogP contribution in [0.1, 0.15) is 18.9 Å². The van der Waals surface area contributed by atoms with Crippen molar-refractivity contribution in [3.63, 3.8) is 0 Å². The van der Waals surface area contributed by atoms with E-state index in [1.807, 2.05) is 25.4 Å². The third kappa shape index (κ3) is 3.49. The first-order valence-electron chi connectivity index (χ1n) is 8.13. The topological polar surface area (TPSA) is 56.4 Å². The predicted molar refractivity (Wildman–Crippen MR) is 98.5 cm³/mol. The number of carbonyl (C=O) groups is 1. The van der Waals surface area contributed by atoms with Gasteiger partial charge in [-0.05, 0) is 36.3 Å². The lowest BCUT2D eigenvalue weighted by molar-refractivity contribution is -0.129. The van der Waals surface area contributed by atoms with Crippen LogP contribution in [0.5, 0.6) is 0 Å². The van der Waals surface area contributed by atoms with Crippen LogP contribution in [-0.2, 0) is 11.3 Å². The molecule has 1 N–H and O–H groups in total. The molecule has 0 saturated carbocycles. The van der Waals surface area contributed by atoms with Gasteiger partial charge >= 0.3 is 0 Å². The molecule has 0 spiro atoms. The lowest BCUT2D eigenvalue weighted by Crippen LogP contribution is -2.37. The molecule has 24 heavy (non-hydrogen) atoms. The molecule has 128 valence electrons. The number of hydrogen-bond donors (Lipinski definition) is 1. The molecule has 0 unspecified atom stereocenters. The molecule has 1 fully saturated rings. The maximum atomic E-state index is 12.4. The normalized spacial score (nSPS) is 18.2. The Morgan fingerprint density at radius 3 is 2.92 bits per heavy atom. The first kappa shape index (κ1) is 17.0. The fourth-order valence-electron chi connectivity index (χ4n) is 3.24. The van der Waals surface area contributed by atoms with Gasteiger partial charge in [-0.25, -0.2) is 0 Å². The molecule has 2 aromatic rings. The van der Waals surface area contributed by atoms with Crippen molar-refractivity contribution in [2.45, 2.75) is 30.8 Å². The summed E-state index contributed by atoms with van der Waals surface area (Å²) in [6.45, 7) is 3.95. The van der Waals surface area contributed by atoms with Gasteiger partial charge in [-0.2, -0.15) is 0 Å². The van der Waals surface area contributed by atoms with Gasteiger partial charge in [0.1, 0.15) is 0 Å². The number of carbonyl (C=O) groups excluding carboxylic acids is 1. The Labute approximate surface area is 146 Å². The standard InChI is InChI=1S/C18H23N3O2S/c1-12(22)20(2)15-6-7-21(11-15)10-14-8-13-4-5-16(24-3)9-17(13)19-18(14)23/h4-5,8-9,15H,6-7,10-11H2,1-3H3,(H,19,23)/t15-/m0/s1. The average molecular weight is 345 g/mol. The van der Waals surface area contributed by atoms with Crippen molar-refractivity contribution in [1.29, 1.82) is 0 Å². The zero-order valence-electron chi connectivity index (χ0n) is 14.3. The van der Waals surface area contributed by atoms with Crippen LogP contribution in [0.4, 0.5) is 0 Å². The van der Waals surface area contributed by atoms with Gasteiger partial charge in [-0.3, -0.25) is 14.5 Å². The number of thioether (sulfide) groups is 1. The first-order valence-corrected chi connectivity index (χ1v) is 9.36. The summed E-state index contributed by atoms with van der Waals surface area (Å²) < 4.78 is 0. The van der Waals surface area contributed by atoms with E-state index < -0.39 is 0 Å². The highest BCUT2D eigenvalue weighted by atomic mass is 32.2. The van der Waals surface area contributed by atoms with Crippen molar-refractivity contribution in [3.8, 4) is 0 Å². The fraction of sp³-hybridized carbons (Fsp3) is 0.444. The SMILES string of the molecule is CSc1ccc2cc(CN3CC[C@H](N(C)C(C)=O)C3)c(=O)[nH]c2c1. The maximum absolute atomic E-state index is 12.4. The molecule has 1 aliphatic heterocycles. The van der Waals surface area contributed by atoms with Gasteiger partial charge in [0, 0.05) is 55.6 Å². The third-order valence-electron chi connectivity index (χ3n) is 4.82. The Morgan fingerprint density at radius 2 is 2.21 bits per heavy atom. The van der Waals surface area contributed by atoms with E-state index in [1.165, 1.54) is 0 Å². The highest BCUT2D eigenvalue weighted by Crippen LogP contribution is 2.21. The van der Waals surface area contributed by atoms with Gasteiger partial charge in [0.2, 0.25) is 5.91 Å². The van der Waals surface area contributed by atoms with Crippen LogP contribution in [0, 0.1) is 0 Å². The lowest BCUT2D eigenvalue weighted by atomic mass is 10.1. The molecule has 6 heteroatoms. The molecule has 0 bridgehead atoms. The summed E-state index contributed by atoms with van der Waals surface area (Å²) in [7, 11) is 1.85. The number of hydrogen-bond acceptors (Lipinski definition) is 4. The second-order valence-electron chi connectivity index (χ2n) is 6.38. The van der Waals surface area contributed by atoms with Gasteiger partial charge in [-0.1, -0.05) is 6.07 Å². The van der Waals surface area contributed by atoms with Crippen LogP contribution in [0.25, 0.3) is 10.9 Å². The number of H-pyrrole nitrogens is 1. The molecule has 1 saturated heterocycles. The Bertz CT molecular complexity index is 818. The predicted octanol–water partition coefficient (Wildman–Crippen LogP) is 2.30. The zero-order valence-corrected chi connectivity index (χ0v) is 15.2. The van der Waals surface area contributed by atoms with Crippen molar-refractivity contribution in [2.75, 3.05) is 26.4 Å². The number of likely N-dealkylation sites (tertiary alicyclic amines) is 1. The van der Waals surface area contributed by atoms with Crippen LogP contribution in [0.3, 0.4) is 0 Å². The van der Waals surface area contributed by atoms with Gasteiger partial charge < -0.3 is 9.88 Å². The Hall–Kier alpha value is -1.79. The lowest BCUT2D eigenvalue weighted by Gasteiger charge is -2.23. The summed E-state index contributed by atoms with van der Waals surface area (Å²) in [5, 5.41) is 1.05. The number of benzene rings is 1. The third-order valence-corrected chi connectivity index (χ3v) is 5.54. The molecule has 0 aliphatic carbocycles. The number of fused-ring (bicyclic) bond motifs is 1. The molecular weight excluding hydrogens is 322 g/mol. The number of pyridine rings is 1. The minimum Gasteiger partial charge on any atom is -0.342 e. The highest BCUT2D eigenvalue weighted by Gasteiger charge is 2.27. The molecule has 1 aliphatic rings. The Morgan fingerprint density at radius 1 is 1.42 bits per heavy atom. The summed E-state index contributed by atoms with van der Waals surface area (Å²) in [4.78, 5) is 32.1. The highest BCUT2D eigenvalue weighted by molar-refractivity contribution is 7.98. The van der Waals surface area contributed by atoms with E-state index in [0.29, 0.717) is 6.54 Å². The van der Waals surface area contributed by atoms with E-state index >= 15 is 0 Å². The minimum atomic E-state index is -0.0240. The smallest absolute Gasteiger partial charge is 0.252 e. The van der Waals surface area contributed by atoms with Crippen LogP contribution >= 0.6 is 11.8 Å². The monoisotopic (exact) mass is 345 g/mol. The second kappa shape index (κ2) is 6.99.